The number of hydrogen-bond acceptors (Lipinski definition) is 4. The summed E-state index contributed by atoms with van der Waals surface area (Å²) in [4.78, 5) is 13.0. The largest absolute Gasteiger partial charge is 0.494 e. The number of nitrogens with one attached hydrogen (secondary N) is 2. The molecule has 0 spiro atoms. The Morgan fingerprint density at radius 1 is 1.17 bits per heavy atom. The minimum atomic E-state index is -0.744. The van der Waals surface area contributed by atoms with Gasteiger partial charge in [-0.1, -0.05) is 12.1 Å². The van der Waals surface area contributed by atoms with Crippen LogP contribution < -0.4 is 15.4 Å². The van der Waals surface area contributed by atoms with E-state index in [2.05, 4.69) is 10.6 Å². The average Bonchev–Trinajstić information content (AvgIpc) is 2.61. The number of aliphatic hydroxyl groups excluding tert-OH is 1. The molecule has 128 valence electrons. The van der Waals surface area contributed by atoms with Crippen LogP contribution in [0, 0.1) is 0 Å². The number of rotatable bonds is 7. The third-order valence-electron chi connectivity index (χ3n) is 3.38. The Labute approximate surface area is 146 Å². The molecule has 0 heterocycles. The van der Waals surface area contributed by atoms with Crippen molar-refractivity contribution < 1.29 is 14.6 Å². The quantitative estimate of drug-likeness (QED) is 0.669. The Kier molecular flexibility index (Phi) is 6.96. The molecule has 2 aromatic rings. The van der Waals surface area contributed by atoms with Crippen molar-refractivity contribution >= 4 is 23.5 Å². The molecule has 0 bridgehead atoms. The van der Waals surface area contributed by atoms with E-state index in [1.54, 1.807) is 36.0 Å². The van der Waals surface area contributed by atoms with Crippen molar-refractivity contribution in [1.82, 2.24) is 5.32 Å². The first kappa shape index (κ1) is 18.2. The first-order valence-corrected chi connectivity index (χ1v) is 8.94. The normalized spacial score (nSPS) is 11.6. The van der Waals surface area contributed by atoms with Crippen molar-refractivity contribution in [2.45, 2.75) is 17.9 Å². The molecule has 2 amide bonds. The van der Waals surface area contributed by atoms with Crippen molar-refractivity contribution in [2.75, 3.05) is 24.7 Å². The second-order valence-electron chi connectivity index (χ2n) is 5.08. The van der Waals surface area contributed by atoms with Crippen LogP contribution in [0.25, 0.3) is 0 Å². The molecule has 6 heteroatoms. The average molecular weight is 346 g/mol. The van der Waals surface area contributed by atoms with Crippen LogP contribution in [-0.4, -0.2) is 30.5 Å². The lowest BCUT2D eigenvalue weighted by atomic mass is 10.1. The number of urea groups is 1. The monoisotopic (exact) mass is 346 g/mol. The zero-order chi connectivity index (χ0) is 17.4. The van der Waals surface area contributed by atoms with Gasteiger partial charge in [-0.25, -0.2) is 4.79 Å². The second kappa shape index (κ2) is 9.20. The number of anilines is 1. The molecule has 0 saturated heterocycles. The summed E-state index contributed by atoms with van der Waals surface area (Å²) in [5.74, 6) is 0.757. The molecule has 5 nitrogen and oxygen atoms in total. The highest BCUT2D eigenvalue weighted by atomic mass is 32.2. The van der Waals surface area contributed by atoms with E-state index in [-0.39, 0.29) is 12.6 Å². The molecular formula is C18H22N2O3S. The van der Waals surface area contributed by atoms with Gasteiger partial charge in [0.1, 0.15) is 5.75 Å². The number of carbonyl (C=O) groups is 1. The van der Waals surface area contributed by atoms with E-state index in [0.29, 0.717) is 12.3 Å². The molecule has 0 aliphatic heterocycles. The number of aliphatic hydroxyl groups is 1. The molecule has 2 rings (SSSR count). The molecule has 0 saturated carbocycles. The zero-order valence-corrected chi connectivity index (χ0v) is 14.6. The van der Waals surface area contributed by atoms with E-state index in [4.69, 9.17) is 4.74 Å². The van der Waals surface area contributed by atoms with Gasteiger partial charge in [0.15, 0.2) is 0 Å². The Hall–Kier alpha value is -2.18. The fourth-order valence-corrected chi connectivity index (χ4v) is 2.52. The lowest BCUT2D eigenvalue weighted by Gasteiger charge is -2.13. The highest BCUT2D eigenvalue weighted by molar-refractivity contribution is 7.98. The molecule has 0 aromatic heterocycles. The lowest BCUT2D eigenvalue weighted by Crippen LogP contribution is -2.32. The maximum Gasteiger partial charge on any atom is 0.319 e. The van der Waals surface area contributed by atoms with Crippen LogP contribution in [0.2, 0.25) is 0 Å². The number of hydrogen-bond donors (Lipinski definition) is 3. The molecule has 24 heavy (non-hydrogen) atoms. The molecule has 3 N–H and O–H groups in total. The summed E-state index contributed by atoms with van der Waals surface area (Å²) >= 11 is 1.64. The summed E-state index contributed by atoms with van der Waals surface area (Å²) in [6, 6.07) is 14.4. The second-order valence-corrected chi connectivity index (χ2v) is 5.96. The minimum Gasteiger partial charge on any atom is -0.494 e. The maximum atomic E-state index is 11.9. The van der Waals surface area contributed by atoms with Crippen LogP contribution in [0.4, 0.5) is 10.5 Å². The van der Waals surface area contributed by atoms with Gasteiger partial charge in [0.05, 0.1) is 12.7 Å². The van der Waals surface area contributed by atoms with Gasteiger partial charge in [-0.3, -0.25) is 0 Å². The minimum absolute atomic E-state index is 0.140. The van der Waals surface area contributed by atoms with Gasteiger partial charge in [-0.15, -0.1) is 11.8 Å². The summed E-state index contributed by atoms with van der Waals surface area (Å²) in [5, 5.41) is 15.5. The topological polar surface area (TPSA) is 70.6 Å². The van der Waals surface area contributed by atoms with Gasteiger partial charge in [0.25, 0.3) is 0 Å². The van der Waals surface area contributed by atoms with Crippen molar-refractivity contribution in [3.05, 3.63) is 54.1 Å². The maximum absolute atomic E-state index is 11.9. The molecule has 0 aliphatic carbocycles. The Balaban J connectivity index is 1.81. The van der Waals surface area contributed by atoms with E-state index in [0.717, 1.165) is 16.2 Å². The highest BCUT2D eigenvalue weighted by Crippen LogP contribution is 2.19. The highest BCUT2D eigenvalue weighted by Gasteiger charge is 2.09. The van der Waals surface area contributed by atoms with Gasteiger partial charge < -0.3 is 20.5 Å². The number of thioether (sulfide) groups is 1. The van der Waals surface area contributed by atoms with E-state index in [1.165, 1.54) is 0 Å². The van der Waals surface area contributed by atoms with Gasteiger partial charge in [-0.05, 0) is 55.1 Å². The molecule has 0 radical (unpaired) electrons. The van der Waals surface area contributed by atoms with Crippen molar-refractivity contribution in [3.8, 4) is 5.75 Å². The molecule has 0 fully saturated rings. The van der Waals surface area contributed by atoms with Crippen molar-refractivity contribution in [2.24, 2.45) is 0 Å². The third-order valence-corrected chi connectivity index (χ3v) is 4.12. The third kappa shape index (κ3) is 5.47. The Morgan fingerprint density at radius 3 is 2.42 bits per heavy atom. The summed E-state index contributed by atoms with van der Waals surface area (Å²) in [7, 11) is 0. The van der Waals surface area contributed by atoms with Crippen LogP contribution in [0.3, 0.4) is 0 Å². The van der Waals surface area contributed by atoms with Gasteiger partial charge in [0.2, 0.25) is 0 Å². The summed E-state index contributed by atoms with van der Waals surface area (Å²) in [6.45, 7) is 2.66. The standard InChI is InChI=1S/C18H22N2O3S/c1-3-23-15-8-6-14(7-9-15)20-18(22)19-12-17(21)13-4-10-16(24-2)11-5-13/h4-11,17,21H,3,12H2,1-2H3,(H2,19,20,22). The van der Waals surface area contributed by atoms with Crippen molar-refractivity contribution in [1.29, 1.82) is 0 Å². The smallest absolute Gasteiger partial charge is 0.319 e. The Bertz CT molecular complexity index is 644. The predicted octanol–water partition coefficient (Wildman–Crippen LogP) is 3.66. The summed E-state index contributed by atoms with van der Waals surface area (Å²) in [5.41, 5.74) is 1.43. The number of ether oxygens (including phenoxy) is 1. The zero-order valence-electron chi connectivity index (χ0n) is 13.8. The van der Waals surface area contributed by atoms with Crippen LogP contribution in [0.15, 0.2) is 53.4 Å². The first-order valence-electron chi connectivity index (χ1n) is 7.72. The van der Waals surface area contributed by atoms with Crippen LogP contribution in [0.1, 0.15) is 18.6 Å². The predicted molar refractivity (Wildman–Crippen MR) is 97.8 cm³/mol. The fourth-order valence-electron chi connectivity index (χ4n) is 2.11. The van der Waals surface area contributed by atoms with Crippen LogP contribution in [-0.2, 0) is 0 Å². The van der Waals surface area contributed by atoms with Gasteiger partial charge in [-0.2, -0.15) is 0 Å². The Morgan fingerprint density at radius 2 is 1.83 bits per heavy atom. The number of amides is 2. The molecule has 1 unspecified atom stereocenters. The lowest BCUT2D eigenvalue weighted by molar-refractivity contribution is 0.175. The van der Waals surface area contributed by atoms with Crippen LogP contribution in [0.5, 0.6) is 5.75 Å². The molecular weight excluding hydrogens is 324 g/mol. The number of benzene rings is 2. The van der Waals surface area contributed by atoms with E-state index in [1.807, 2.05) is 37.4 Å². The van der Waals surface area contributed by atoms with E-state index < -0.39 is 6.10 Å². The molecule has 2 aromatic carbocycles. The van der Waals surface area contributed by atoms with Crippen molar-refractivity contribution in [3.63, 3.8) is 0 Å². The first-order chi connectivity index (χ1) is 11.6. The molecule has 0 aliphatic rings. The van der Waals surface area contributed by atoms with E-state index in [9.17, 15) is 9.90 Å². The van der Waals surface area contributed by atoms with Gasteiger partial charge in [0, 0.05) is 17.1 Å². The van der Waals surface area contributed by atoms with Gasteiger partial charge >= 0.3 is 6.03 Å². The van der Waals surface area contributed by atoms with Crippen LogP contribution >= 0.6 is 11.8 Å². The fraction of sp³-hybridized carbons (Fsp3) is 0.278. The summed E-state index contributed by atoms with van der Waals surface area (Å²) < 4.78 is 5.35. The summed E-state index contributed by atoms with van der Waals surface area (Å²) in [6.07, 6.45) is 1.25. The number of carbonyl (C=O) groups excluding carboxylic acids is 1. The SMILES string of the molecule is CCOc1ccc(NC(=O)NCC(O)c2ccc(SC)cc2)cc1. The molecule has 1 atom stereocenters. The van der Waals surface area contributed by atoms with E-state index >= 15 is 0 Å².